The first-order valence-corrected chi connectivity index (χ1v) is 14.2. The first kappa shape index (κ1) is 31.0. The van der Waals surface area contributed by atoms with Gasteiger partial charge in [-0.1, -0.05) is 37.0 Å². The molecule has 0 saturated heterocycles. The monoisotopic (exact) mass is 583 g/mol. The molecule has 0 saturated carbocycles. The Kier molecular flexibility index (Phi) is 12.2. The number of hydrogen-bond acceptors (Lipinski definition) is 6. The molecule has 0 radical (unpaired) electrons. The highest BCUT2D eigenvalue weighted by atomic mass is 35.5. The minimum Gasteiger partial charge on any atom is -0.392 e. The summed E-state index contributed by atoms with van der Waals surface area (Å²) in [6.07, 6.45) is -0.190. The van der Waals surface area contributed by atoms with Crippen LogP contribution in [0.4, 0.5) is 11.4 Å². The summed E-state index contributed by atoms with van der Waals surface area (Å²) in [6, 6.07) is 16.8. The summed E-state index contributed by atoms with van der Waals surface area (Å²) in [5, 5.41) is 12.4. The van der Waals surface area contributed by atoms with Crippen molar-refractivity contribution in [2.45, 2.75) is 36.7 Å². The number of carbonyl (C=O) groups excluding carboxylic acids is 1. The fourth-order valence-corrected chi connectivity index (χ4v) is 4.74. The van der Waals surface area contributed by atoms with E-state index < -0.39 is 15.9 Å². The second kappa shape index (κ2) is 14.6. The highest BCUT2D eigenvalue weighted by Crippen LogP contribution is 2.25. The Bertz CT molecular complexity index is 1270. The second-order valence-corrected chi connectivity index (χ2v) is 11.2. The summed E-state index contributed by atoms with van der Waals surface area (Å²) in [5.41, 5.74) is 0.719. The minimum atomic E-state index is -3.92. The van der Waals surface area contributed by atoms with Crippen LogP contribution in [0.3, 0.4) is 0 Å². The van der Waals surface area contributed by atoms with E-state index in [9.17, 15) is 13.2 Å². The molecule has 11 heteroatoms. The van der Waals surface area contributed by atoms with E-state index in [1.807, 2.05) is 6.92 Å². The molecule has 0 aliphatic rings. The molecular formula is C26H31Cl2N3O4S2. The number of thiol groups is 1. The van der Waals surface area contributed by atoms with Crippen LogP contribution in [0.5, 0.6) is 0 Å². The summed E-state index contributed by atoms with van der Waals surface area (Å²) in [5.74, 6) is -0.511. The molecule has 0 heterocycles. The Balaban J connectivity index is 0.000000458. The zero-order valence-corrected chi connectivity index (χ0v) is 24.0. The number of aliphatic hydroxyl groups is 1. The number of amides is 1. The van der Waals surface area contributed by atoms with Gasteiger partial charge in [0.15, 0.2) is 0 Å². The molecule has 0 aromatic heterocycles. The first-order chi connectivity index (χ1) is 17.4. The SMILES string of the molecule is CCN(CC)CC(C)O.O=C(Nc1ccc(S)cc1)c1cc(Cl)ccc1NS(=O)(=O)c1ccc(Cl)cc1. The fraction of sp³-hybridized carbons (Fsp3) is 0.269. The van der Waals surface area contributed by atoms with Gasteiger partial charge in [-0.25, -0.2) is 8.42 Å². The van der Waals surface area contributed by atoms with Crippen molar-refractivity contribution >= 4 is 63.1 Å². The summed E-state index contributed by atoms with van der Waals surface area (Å²) in [7, 11) is -3.92. The highest BCUT2D eigenvalue weighted by molar-refractivity contribution is 7.92. The van der Waals surface area contributed by atoms with Crippen LogP contribution in [0, 0.1) is 0 Å². The lowest BCUT2D eigenvalue weighted by Gasteiger charge is -2.18. The molecule has 0 bridgehead atoms. The van der Waals surface area contributed by atoms with E-state index >= 15 is 0 Å². The van der Waals surface area contributed by atoms with Gasteiger partial charge in [-0.05, 0) is 86.7 Å². The Morgan fingerprint density at radius 3 is 2.05 bits per heavy atom. The van der Waals surface area contributed by atoms with E-state index in [-0.39, 0.29) is 22.3 Å². The average Bonchev–Trinajstić information content (AvgIpc) is 2.85. The number of benzene rings is 3. The number of aliphatic hydroxyl groups excluding tert-OH is 1. The second-order valence-electron chi connectivity index (χ2n) is 8.09. The quantitative estimate of drug-likeness (QED) is 0.230. The summed E-state index contributed by atoms with van der Waals surface area (Å²) in [6.45, 7) is 8.88. The van der Waals surface area contributed by atoms with E-state index in [1.54, 1.807) is 24.3 Å². The van der Waals surface area contributed by atoms with Crippen molar-refractivity contribution < 1.29 is 18.3 Å². The van der Waals surface area contributed by atoms with Crippen LogP contribution in [0.25, 0.3) is 0 Å². The molecule has 1 amide bonds. The van der Waals surface area contributed by atoms with Gasteiger partial charge in [0.05, 0.1) is 22.3 Å². The molecule has 1 atom stereocenters. The number of carbonyl (C=O) groups is 1. The standard InChI is InChI=1S/C19H14Cl2N2O3S2.C7H17NO/c20-12-1-8-16(9-2-12)28(25,26)23-18-10-3-13(21)11-17(18)19(24)22-14-4-6-15(27)7-5-14;1-4-8(5-2)6-7(3)9/h1-11,23,27H,(H,22,24);7,9H,4-6H2,1-3H3. The van der Waals surface area contributed by atoms with Crippen molar-refractivity contribution in [3.63, 3.8) is 0 Å². The molecule has 3 aromatic rings. The number of nitrogens with zero attached hydrogens (tertiary/aromatic N) is 1. The molecule has 200 valence electrons. The maximum atomic E-state index is 12.7. The van der Waals surface area contributed by atoms with Crippen molar-refractivity contribution in [3.8, 4) is 0 Å². The van der Waals surface area contributed by atoms with Crippen LogP contribution in [0.2, 0.25) is 10.0 Å². The lowest BCUT2D eigenvalue weighted by atomic mass is 10.1. The third-order valence-electron chi connectivity index (χ3n) is 5.14. The smallest absolute Gasteiger partial charge is 0.261 e. The minimum absolute atomic E-state index is 0.0163. The summed E-state index contributed by atoms with van der Waals surface area (Å²) >= 11 is 16.0. The van der Waals surface area contributed by atoms with Crippen molar-refractivity contribution in [1.82, 2.24) is 4.90 Å². The first-order valence-electron chi connectivity index (χ1n) is 11.5. The summed E-state index contributed by atoms with van der Waals surface area (Å²) < 4.78 is 27.7. The van der Waals surface area contributed by atoms with Gasteiger partial charge >= 0.3 is 0 Å². The maximum absolute atomic E-state index is 12.7. The van der Waals surface area contributed by atoms with Crippen LogP contribution in [-0.2, 0) is 10.0 Å². The fourth-order valence-electron chi connectivity index (χ4n) is 3.21. The molecule has 3 N–H and O–H groups in total. The van der Waals surface area contributed by atoms with Crippen molar-refractivity contribution in [1.29, 1.82) is 0 Å². The molecule has 1 unspecified atom stereocenters. The van der Waals surface area contributed by atoms with Gasteiger partial charge in [-0.15, -0.1) is 12.6 Å². The number of anilines is 2. The molecule has 7 nitrogen and oxygen atoms in total. The van der Waals surface area contributed by atoms with E-state index in [0.29, 0.717) is 15.7 Å². The largest absolute Gasteiger partial charge is 0.392 e. The van der Waals surface area contributed by atoms with Gasteiger partial charge in [-0.2, -0.15) is 0 Å². The normalized spacial score (nSPS) is 11.9. The number of sulfonamides is 1. The predicted molar refractivity (Wildman–Crippen MR) is 155 cm³/mol. The van der Waals surface area contributed by atoms with E-state index in [1.165, 1.54) is 42.5 Å². The predicted octanol–water partition coefficient (Wildman–Crippen LogP) is 6.04. The average molecular weight is 585 g/mol. The molecule has 37 heavy (non-hydrogen) atoms. The van der Waals surface area contributed by atoms with E-state index in [4.69, 9.17) is 28.3 Å². The van der Waals surface area contributed by atoms with Gasteiger partial charge in [0.25, 0.3) is 15.9 Å². The molecule has 3 aromatic carbocycles. The lowest BCUT2D eigenvalue weighted by Crippen LogP contribution is -2.30. The molecule has 3 rings (SSSR count). The van der Waals surface area contributed by atoms with Crippen LogP contribution in [-0.4, -0.2) is 50.1 Å². The van der Waals surface area contributed by atoms with Crippen LogP contribution < -0.4 is 10.0 Å². The van der Waals surface area contributed by atoms with E-state index in [0.717, 1.165) is 24.5 Å². The highest BCUT2D eigenvalue weighted by Gasteiger charge is 2.19. The van der Waals surface area contributed by atoms with Crippen molar-refractivity contribution in [2.75, 3.05) is 29.7 Å². The van der Waals surface area contributed by atoms with Crippen LogP contribution in [0.15, 0.2) is 76.5 Å². The third-order valence-corrected chi connectivity index (χ3v) is 7.30. The molecular weight excluding hydrogens is 553 g/mol. The van der Waals surface area contributed by atoms with Crippen LogP contribution >= 0.6 is 35.8 Å². The molecule has 0 fully saturated rings. The maximum Gasteiger partial charge on any atom is 0.261 e. The number of rotatable bonds is 9. The van der Waals surface area contributed by atoms with Crippen molar-refractivity contribution in [2.24, 2.45) is 0 Å². The third kappa shape index (κ3) is 10.2. The molecule has 0 aliphatic carbocycles. The van der Waals surface area contributed by atoms with Crippen molar-refractivity contribution in [3.05, 3.63) is 82.3 Å². The lowest BCUT2D eigenvalue weighted by molar-refractivity contribution is 0.102. The van der Waals surface area contributed by atoms with Gasteiger partial charge in [-0.3, -0.25) is 9.52 Å². The molecule has 0 spiro atoms. The zero-order chi connectivity index (χ0) is 27.6. The van der Waals surface area contributed by atoms with Crippen LogP contribution in [0.1, 0.15) is 31.1 Å². The Morgan fingerprint density at radius 2 is 1.54 bits per heavy atom. The topological polar surface area (TPSA) is 98.7 Å². The zero-order valence-electron chi connectivity index (χ0n) is 20.8. The van der Waals surface area contributed by atoms with E-state index in [2.05, 4.69) is 41.4 Å². The Hall–Kier alpha value is -2.27. The number of likely N-dealkylation sites (N-methyl/N-ethyl adjacent to an activating group) is 1. The number of nitrogens with one attached hydrogen (secondary N) is 2. The van der Waals surface area contributed by atoms with Gasteiger partial charge in [0.1, 0.15) is 0 Å². The van der Waals surface area contributed by atoms with Gasteiger partial charge < -0.3 is 15.3 Å². The number of hydrogen-bond donors (Lipinski definition) is 4. The van der Waals surface area contributed by atoms with Gasteiger partial charge in [0.2, 0.25) is 0 Å². The molecule has 0 aliphatic heterocycles. The Morgan fingerprint density at radius 1 is 0.973 bits per heavy atom. The Labute approximate surface area is 234 Å². The van der Waals surface area contributed by atoms with Gasteiger partial charge in [0, 0.05) is 27.2 Å². The number of halogens is 2. The summed E-state index contributed by atoms with van der Waals surface area (Å²) in [4.78, 5) is 15.7.